The first kappa shape index (κ1) is 18.1. The highest BCUT2D eigenvalue weighted by Gasteiger charge is 2.20. The number of amides is 1. The Hall–Kier alpha value is -2.28. The number of phenolic OH excluding ortho intramolecular Hbond substituents is 1. The molecule has 1 aromatic rings. The lowest BCUT2D eigenvalue weighted by molar-refractivity contribution is -0.140. The maximum absolute atomic E-state index is 11.9. The van der Waals surface area contributed by atoms with Crippen molar-refractivity contribution in [2.24, 2.45) is 0 Å². The number of esters is 1. The molecule has 0 unspecified atom stereocenters. The Morgan fingerprint density at radius 2 is 1.92 bits per heavy atom. The zero-order valence-corrected chi connectivity index (χ0v) is 14.0. The van der Waals surface area contributed by atoms with Crippen LogP contribution in [0.2, 0.25) is 0 Å². The van der Waals surface area contributed by atoms with Gasteiger partial charge >= 0.3 is 5.97 Å². The minimum Gasteiger partial charge on any atom is -0.506 e. The van der Waals surface area contributed by atoms with E-state index < -0.39 is 0 Å². The van der Waals surface area contributed by atoms with Gasteiger partial charge in [-0.3, -0.25) is 14.5 Å². The molecular weight excluding hydrogens is 310 g/mol. The number of anilines is 1. The van der Waals surface area contributed by atoms with E-state index in [1.807, 2.05) is 12.1 Å². The monoisotopic (exact) mass is 335 g/mol. The molecule has 1 fully saturated rings. The fourth-order valence-corrected chi connectivity index (χ4v) is 2.70. The molecule has 0 saturated carbocycles. The summed E-state index contributed by atoms with van der Waals surface area (Å²) in [5.74, 6) is -0.00490. The van der Waals surface area contributed by atoms with Gasteiger partial charge in [0, 0.05) is 39.1 Å². The van der Waals surface area contributed by atoms with E-state index in [1.165, 1.54) is 7.11 Å². The number of benzene rings is 1. The van der Waals surface area contributed by atoms with Gasteiger partial charge in [0.05, 0.1) is 19.3 Å². The molecule has 1 aliphatic heterocycles. The van der Waals surface area contributed by atoms with Gasteiger partial charge in [0.1, 0.15) is 5.75 Å². The number of nitrogens with zero attached hydrogens (tertiary/aromatic N) is 2. The number of phenols is 1. The largest absolute Gasteiger partial charge is 0.506 e. The van der Waals surface area contributed by atoms with Crippen LogP contribution in [-0.2, 0) is 14.3 Å². The molecule has 0 radical (unpaired) electrons. The van der Waals surface area contributed by atoms with Gasteiger partial charge in [0.15, 0.2) is 0 Å². The fourth-order valence-electron chi connectivity index (χ4n) is 2.70. The van der Waals surface area contributed by atoms with Gasteiger partial charge in [0.25, 0.3) is 0 Å². The second-order valence-corrected chi connectivity index (χ2v) is 5.78. The number of carbonyl (C=O) groups excluding carboxylic acids is 2. The Kier molecular flexibility index (Phi) is 6.87. The van der Waals surface area contributed by atoms with Crippen LogP contribution in [0.15, 0.2) is 24.3 Å². The number of ether oxygens (including phenoxy) is 1. The molecule has 2 rings (SSSR count). The van der Waals surface area contributed by atoms with Crippen molar-refractivity contribution in [2.75, 3.05) is 51.3 Å². The van der Waals surface area contributed by atoms with Crippen LogP contribution in [0.3, 0.4) is 0 Å². The number of piperazine rings is 1. The third-order valence-corrected chi connectivity index (χ3v) is 4.07. The summed E-state index contributed by atoms with van der Waals surface area (Å²) >= 11 is 0. The average molecular weight is 335 g/mol. The lowest BCUT2D eigenvalue weighted by atomic mass is 10.2. The third-order valence-electron chi connectivity index (χ3n) is 4.07. The Morgan fingerprint density at radius 3 is 2.58 bits per heavy atom. The van der Waals surface area contributed by atoms with E-state index in [1.54, 1.807) is 12.1 Å². The van der Waals surface area contributed by atoms with Crippen molar-refractivity contribution in [1.82, 2.24) is 10.2 Å². The number of para-hydroxylation sites is 2. The molecule has 2 N–H and O–H groups in total. The van der Waals surface area contributed by atoms with Crippen LogP contribution in [-0.4, -0.2) is 68.3 Å². The number of aromatic hydroxyl groups is 1. The van der Waals surface area contributed by atoms with Crippen LogP contribution in [0.25, 0.3) is 0 Å². The predicted octanol–water partition coefficient (Wildman–Crippen LogP) is 0.584. The molecule has 7 heteroatoms. The van der Waals surface area contributed by atoms with E-state index in [4.69, 9.17) is 0 Å². The van der Waals surface area contributed by atoms with Crippen LogP contribution in [0, 0.1) is 0 Å². The number of hydrogen-bond donors (Lipinski definition) is 2. The van der Waals surface area contributed by atoms with Gasteiger partial charge in [-0.15, -0.1) is 0 Å². The maximum Gasteiger partial charge on any atom is 0.305 e. The highest BCUT2D eigenvalue weighted by molar-refractivity contribution is 5.78. The fraction of sp³-hybridized carbons (Fsp3) is 0.529. The first-order valence-electron chi connectivity index (χ1n) is 8.19. The van der Waals surface area contributed by atoms with Gasteiger partial charge < -0.3 is 20.1 Å². The number of carbonyl (C=O) groups is 2. The molecule has 0 atom stereocenters. The van der Waals surface area contributed by atoms with Crippen LogP contribution >= 0.6 is 0 Å². The van der Waals surface area contributed by atoms with Gasteiger partial charge in [-0.25, -0.2) is 0 Å². The molecule has 0 bridgehead atoms. The van der Waals surface area contributed by atoms with Crippen LogP contribution in [0.5, 0.6) is 5.75 Å². The van der Waals surface area contributed by atoms with Gasteiger partial charge in [-0.2, -0.15) is 0 Å². The molecule has 132 valence electrons. The van der Waals surface area contributed by atoms with E-state index in [9.17, 15) is 14.7 Å². The van der Waals surface area contributed by atoms with Gasteiger partial charge in [0.2, 0.25) is 5.91 Å². The second-order valence-electron chi connectivity index (χ2n) is 5.78. The summed E-state index contributed by atoms with van der Waals surface area (Å²) in [4.78, 5) is 27.1. The topological polar surface area (TPSA) is 82.1 Å². The Labute approximate surface area is 142 Å². The SMILES string of the molecule is COC(=O)CCCNC(=O)CN1CCN(c2ccccc2O)CC1. The van der Waals surface area contributed by atoms with Crippen LogP contribution in [0.4, 0.5) is 5.69 Å². The smallest absolute Gasteiger partial charge is 0.305 e. The van der Waals surface area contributed by atoms with Crippen LogP contribution < -0.4 is 10.2 Å². The summed E-state index contributed by atoms with van der Waals surface area (Å²) in [5, 5.41) is 12.7. The van der Waals surface area contributed by atoms with E-state index in [2.05, 4.69) is 19.9 Å². The molecule has 24 heavy (non-hydrogen) atoms. The van der Waals surface area contributed by atoms with E-state index in [0.717, 1.165) is 31.9 Å². The molecule has 1 heterocycles. The standard InChI is InChI=1S/C17H25N3O4/c1-24-17(23)7-4-8-18-16(22)13-19-9-11-20(12-10-19)14-5-2-3-6-15(14)21/h2-3,5-6,21H,4,7-13H2,1H3,(H,18,22). The minimum absolute atomic E-state index is 0.0316. The van der Waals surface area contributed by atoms with Crippen molar-refractivity contribution in [2.45, 2.75) is 12.8 Å². The van der Waals surface area contributed by atoms with Gasteiger partial charge in [-0.05, 0) is 18.6 Å². The van der Waals surface area contributed by atoms with E-state index in [0.29, 0.717) is 25.9 Å². The summed E-state index contributed by atoms with van der Waals surface area (Å²) in [6, 6.07) is 7.30. The Balaban J connectivity index is 1.66. The zero-order valence-electron chi connectivity index (χ0n) is 14.0. The lowest BCUT2D eigenvalue weighted by Crippen LogP contribution is -2.49. The summed E-state index contributed by atoms with van der Waals surface area (Å²) in [6.45, 7) is 3.91. The Morgan fingerprint density at radius 1 is 1.21 bits per heavy atom. The summed E-state index contributed by atoms with van der Waals surface area (Å²) < 4.78 is 4.55. The van der Waals surface area contributed by atoms with Crippen molar-refractivity contribution in [3.05, 3.63) is 24.3 Å². The number of hydrogen-bond acceptors (Lipinski definition) is 6. The molecular formula is C17H25N3O4. The maximum atomic E-state index is 11.9. The van der Waals surface area contributed by atoms with Gasteiger partial charge in [-0.1, -0.05) is 12.1 Å². The second kappa shape index (κ2) is 9.12. The first-order chi connectivity index (χ1) is 11.6. The summed E-state index contributed by atoms with van der Waals surface area (Å²) in [6.07, 6.45) is 0.898. The molecule has 1 aliphatic rings. The average Bonchev–Trinajstić information content (AvgIpc) is 2.60. The number of nitrogens with one attached hydrogen (secondary N) is 1. The van der Waals surface area contributed by atoms with Crippen LogP contribution in [0.1, 0.15) is 12.8 Å². The molecule has 0 aliphatic carbocycles. The lowest BCUT2D eigenvalue weighted by Gasteiger charge is -2.35. The highest BCUT2D eigenvalue weighted by Crippen LogP contribution is 2.26. The predicted molar refractivity (Wildman–Crippen MR) is 91.0 cm³/mol. The van der Waals surface area contributed by atoms with Crippen molar-refractivity contribution in [1.29, 1.82) is 0 Å². The molecule has 7 nitrogen and oxygen atoms in total. The Bertz CT molecular complexity index is 557. The third kappa shape index (κ3) is 5.42. The minimum atomic E-state index is -0.260. The van der Waals surface area contributed by atoms with Crippen molar-refractivity contribution in [3.63, 3.8) is 0 Å². The molecule has 0 spiro atoms. The van der Waals surface area contributed by atoms with E-state index in [-0.39, 0.29) is 17.6 Å². The molecule has 1 aromatic carbocycles. The quantitative estimate of drug-likeness (QED) is 0.560. The van der Waals surface area contributed by atoms with Crippen molar-refractivity contribution < 1.29 is 19.4 Å². The normalized spacial score (nSPS) is 15.1. The first-order valence-corrected chi connectivity index (χ1v) is 8.19. The highest BCUT2D eigenvalue weighted by atomic mass is 16.5. The van der Waals surface area contributed by atoms with Crippen molar-refractivity contribution >= 4 is 17.6 Å². The van der Waals surface area contributed by atoms with Crippen molar-refractivity contribution in [3.8, 4) is 5.75 Å². The molecule has 1 saturated heterocycles. The number of rotatable bonds is 7. The summed E-state index contributed by atoms with van der Waals surface area (Å²) in [7, 11) is 1.36. The molecule has 0 aromatic heterocycles. The zero-order chi connectivity index (χ0) is 17.4. The van der Waals surface area contributed by atoms with E-state index >= 15 is 0 Å². The summed E-state index contributed by atoms with van der Waals surface area (Å²) in [5.41, 5.74) is 0.837. The number of methoxy groups -OCH3 is 1. The molecule has 1 amide bonds.